The highest BCUT2D eigenvalue weighted by Gasteiger charge is 2.19. The van der Waals surface area contributed by atoms with Crippen LogP contribution in [-0.4, -0.2) is 27.1 Å². The standard InChI is InChI=1S/C14H25N3S/c1-3-15-13(14-16-9-10-17(14)2)11-18-12-7-5-4-6-8-12/h9-10,12-13,15H,3-8,11H2,1-2H3. The molecule has 1 N–H and O–H groups in total. The Bertz CT molecular complexity index is 345. The number of aromatic nitrogens is 2. The predicted molar refractivity (Wildman–Crippen MR) is 79.0 cm³/mol. The van der Waals surface area contributed by atoms with Crippen molar-refractivity contribution >= 4 is 11.8 Å². The summed E-state index contributed by atoms with van der Waals surface area (Å²) in [6.07, 6.45) is 11.0. The lowest BCUT2D eigenvalue weighted by Crippen LogP contribution is -2.26. The van der Waals surface area contributed by atoms with Crippen molar-refractivity contribution in [1.82, 2.24) is 14.9 Å². The molecular formula is C14H25N3S. The molecule has 0 radical (unpaired) electrons. The maximum atomic E-state index is 4.49. The minimum Gasteiger partial charge on any atom is -0.337 e. The van der Waals surface area contributed by atoms with Crippen molar-refractivity contribution in [3.8, 4) is 0 Å². The lowest BCUT2D eigenvalue weighted by molar-refractivity contribution is 0.511. The minimum atomic E-state index is 0.391. The molecule has 1 heterocycles. The van der Waals surface area contributed by atoms with Gasteiger partial charge in [-0.3, -0.25) is 0 Å². The van der Waals surface area contributed by atoms with Crippen molar-refractivity contribution in [1.29, 1.82) is 0 Å². The van der Waals surface area contributed by atoms with Crippen molar-refractivity contribution < 1.29 is 0 Å². The number of hydrogen-bond acceptors (Lipinski definition) is 3. The molecule has 1 aromatic heterocycles. The van der Waals surface area contributed by atoms with Crippen LogP contribution >= 0.6 is 11.8 Å². The Morgan fingerprint density at radius 1 is 1.44 bits per heavy atom. The molecule has 0 aromatic carbocycles. The number of hydrogen-bond donors (Lipinski definition) is 1. The molecule has 1 unspecified atom stereocenters. The van der Waals surface area contributed by atoms with E-state index in [1.165, 1.54) is 37.9 Å². The molecule has 4 heteroatoms. The van der Waals surface area contributed by atoms with Crippen molar-refractivity contribution in [2.45, 2.75) is 50.3 Å². The molecule has 0 bridgehead atoms. The number of aryl methyl sites for hydroxylation is 1. The van der Waals surface area contributed by atoms with Crippen LogP contribution in [0.1, 0.15) is 50.9 Å². The first-order valence-electron chi connectivity index (χ1n) is 7.13. The molecule has 1 fully saturated rings. The highest BCUT2D eigenvalue weighted by molar-refractivity contribution is 7.99. The van der Waals surface area contributed by atoms with Gasteiger partial charge in [0.2, 0.25) is 0 Å². The van der Waals surface area contributed by atoms with Crippen molar-refractivity contribution in [2.75, 3.05) is 12.3 Å². The molecule has 18 heavy (non-hydrogen) atoms. The molecule has 0 saturated heterocycles. The summed E-state index contributed by atoms with van der Waals surface area (Å²) in [5, 5.41) is 4.44. The maximum Gasteiger partial charge on any atom is 0.126 e. The second-order valence-electron chi connectivity index (χ2n) is 5.10. The average molecular weight is 267 g/mol. The topological polar surface area (TPSA) is 29.9 Å². The van der Waals surface area contributed by atoms with Gasteiger partial charge in [-0.2, -0.15) is 11.8 Å². The smallest absolute Gasteiger partial charge is 0.126 e. The van der Waals surface area contributed by atoms with E-state index in [1.54, 1.807) is 0 Å². The predicted octanol–water partition coefficient (Wildman–Crippen LogP) is 3.14. The van der Waals surface area contributed by atoms with E-state index < -0.39 is 0 Å². The van der Waals surface area contributed by atoms with E-state index >= 15 is 0 Å². The highest BCUT2D eigenvalue weighted by Crippen LogP contribution is 2.30. The van der Waals surface area contributed by atoms with E-state index in [1.807, 2.05) is 12.4 Å². The van der Waals surface area contributed by atoms with Crippen LogP contribution in [0, 0.1) is 0 Å². The van der Waals surface area contributed by atoms with Crippen LogP contribution in [0.4, 0.5) is 0 Å². The number of thioether (sulfide) groups is 1. The maximum absolute atomic E-state index is 4.49. The molecule has 1 saturated carbocycles. The van der Waals surface area contributed by atoms with Gasteiger partial charge in [0.25, 0.3) is 0 Å². The third kappa shape index (κ3) is 3.75. The van der Waals surface area contributed by atoms with Crippen LogP contribution in [0.25, 0.3) is 0 Å². The molecule has 0 aliphatic heterocycles. The zero-order chi connectivity index (χ0) is 12.8. The van der Waals surface area contributed by atoms with Crippen LogP contribution < -0.4 is 5.32 Å². The van der Waals surface area contributed by atoms with E-state index in [0.29, 0.717) is 6.04 Å². The fourth-order valence-corrected chi connectivity index (χ4v) is 4.05. The Kier molecular flexibility index (Phi) is 5.57. The van der Waals surface area contributed by atoms with E-state index in [0.717, 1.165) is 17.5 Å². The zero-order valence-electron chi connectivity index (χ0n) is 11.6. The van der Waals surface area contributed by atoms with Crippen LogP contribution in [-0.2, 0) is 7.05 Å². The van der Waals surface area contributed by atoms with Gasteiger partial charge in [-0.15, -0.1) is 0 Å². The third-order valence-corrected chi connectivity index (χ3v) is 5.14. The molecule has 1 atom stereocenters. The van der Waals surface area contributed by atoms with Gasteiger partial charge in [-0.05, 0) is 19.4 Å². The second-order valence-corrected chi connectivity index (χ2v) is 6.43. The normalized spacial score (nSPS) is 19.0. The molecule has 1 aliphatic rings. The fourth-order valence-electron chi connectivity index (χ4n) is 2.65. The van der Waals surface area contributed by atoms with E-state index in [-0.39, 0.29) is 0 Å². The number of nitrogens with one attached hydrogen (secondary N) is 1. The molecule has 102 valence electrons. The number of nitrogens with zero attached hydrogens (tertiary/aromatic N) is 2. The Balaban J connectivity index is 1.88. The summed E-state index contributed by atoms with van der Waals surface area (Å²) in [7, 11) is 2.08. The summed E-state index contributed by atoms with van der Waals surface area (Å²) >= 11 is 2.14. The van der Waals surface area contributed by atoms with Crippen molar-refractivity contribution in [2.24, 2.45) is 7.05 Å². The first-order valence-corrected chi connectivity index (χ1v) is 8.18. The lowest BCUT2D eigenvalue weighted by atomic mass is 10.0. The van der Waals surface area contributed by atoms with Gasteiger partial charge in [0.15, 0.2) is 0 Å². The molecular weight excluding hydrogens is 242 g/mol. The van der Waals surface area contributed by atoms with Gasteiger partial charge in [-0.1, -0.05) is 26.2 Å². The monoisotopic (exact) mass is 267 g/mol. The van der Waals surface area contributed by atoms with Crippen LogP contribution in [0.5, 0.6) is 0 Å². The Morgan fingerprint density at radius 2 is 2.22 bits per heavy atom. The van der Waals surface area contributed by atoms with E-state index in [2.05, 4.69) is 40.6 Å². The summed E-state index contributed by atoms with van der Waals surface area (Å²) in [6.45, 7) is 3.17. The van der Waals surface area contributed by atoms with E-state index in [9.17, 15) is 0 Å². The van der Waals surface area contributed by atoms with Crippen LogP contribution in [0.2, 0.25) is 0 Å². The highest BCUT2D eigenvalue weighted by atomic mass is 32.2. The first-order chi connectivity index (χ1) is 8.81. The number of rotatable bonds is 6. The van der Waals surface area contributed by atoms with Crippen molar-refractivity contribution in [3.63, 3.8) is 0 Å². The molecule has 2 rings (SSSR count). The summed E-state index contributed by atoms with van der Waals surface area (Å²) in [6, 6.07) is 0.391. The Labute approximate surface area is 115 Å². The van der Waals surface area contributed by atoms with Crippen LogP contribution in [0.3, 0.4) is 0 Å². The zero-order valence-corrected chi connectivity index (χ0v) is 12.4. The molecule has 1 aliphatic carbocycles. The Morgan fingerprint density at radius 3 is 2.83 bits per heavy atom. The molecule has 0 amide bonds. The molecule has 3 nitrogen and oxygen atoms in total. The SMILES string of the molecule is CCNC(CSC1CCCCC1)c1nccn1C. The third-order valence-electron chi connectivity index (χ3n) is 3.67. The van der Waals surface area contributed by atoms with Gasteiger partial charge in [0, 0.05) is 30.4 Å². The van der Waals surface area contributed by atoms with E-state index in [4.69, 9.17) is 0 Å². The summed E-state index contributed by atoms with van der Waals surface area (Å²) in [5.74, 6) is 2.31. The Hall–Kier alpha value is -0.480. The molecule has 0 spiro atoms. The minimum absolute atomic E-state index is 0.391. The number of imidazole rings is 1. The largest absolute Gasteiger partial charge is 0.337 e. The van der Waals surface area contributed by atoms with Gasteiger partial charge in [0.1, 0.15) is 5.82 Å². The van der Waals surface area contributed by atoms with Gasteiger partial charge in [-0.25, -0.2) is 4.98 Å². The second kappa shape index (κ2) is 7.19. The van der Waals surface area contributed by atoms with Gasteiger partial charge in [0.05, 0.1) is 6.04 Å². The van der Waals surface area contributed by atoms with Crippen molar-refractivity contribution in [3.05, 3.63) is 18.2 Å². The lowest BCUT2D eigenvalue weighted by Gasteiger charge is -2.24. The summed E-state index contributed by atoms with van der Waals surface area (Å²) in [5.41, 5.74) is 0. The van der Waals surface area contributed by atoms with Gasteiger partial charge < -0.3 is 9.88 Å². The fraction of sp³-hybridized carbons (Fsp3) is 0.786. The summed E-state index contributed by atoms with van der Waals surface area (Å²) in [4.78, 5) is 4.49. The first kappa shape index (κ1) is 13.9. The van der Waals surface area contributed by atoms with Crippen LogP contribution in [0.15, 0.2) is 12.4 Å². The molecule has 1 aromatic rings. The summed E-state index contributed by atoms with van der Waals surface area (Å²) < 4.78 is 2.13. The van der Waals surface area contributed by atoms with Gasteiger partial charge >= 0.3 is 0 Å². The average Bonchev–Trinajstić information content (AvgIpc) is 2.82. The quantitative estimate of drug-likeness (QED) is 0.859.